The molecule has 0 aromatic heterocycles. The summed E-state index contributed by atoms with van der Waals surface area (Å²) < 4.78 is 19.7. The fourth-order valence-electron chi connectivity index (χ4n) is 3.03. The van der Waals surface area contributed by atoms with Gasteiger partial charge < -0.3 is 9.84 Å². The first-order chi connectivity index (χ1) is 8.61. The third kappa shape index (κ3) is 3.42. The maximum absolute atomic E-state index is 14.1. The standard InChI is InChI=1S/C13H22FNO3/c14-12(15-8-4-5-9-15)18-13(10-11(16)17)6-2-1-3-7-13/h12H,1-10H2,(H,16,17). The number of rotatable bonds is 5. The topological polar surface area (TPSA) is 49.8 Å². The number of halogens is 1. The molecule has 2 fully saturated rings. The monoisotopic (exact) mass is 259 g/mol. The summed E-state index contributed by atoms with van der Waals surface area (Å²) in [6.07, 6.45) is 6.18. The van der Waals surface area contributed by atoms with E-state index in [9.17, 15) is 9.18 Å². The highest BCUT2D eigenvalue weighted by Crippen LogP contribution is 2.36. The Morgan fingerprint density at radius 3 is 2.39 bits per heavy atom. The van der Waals surface area contributed by atoms with Gasteiger partial charge in [-0.05, 0) is 25.7 Å². The van der Waals surface area contributed by atoms with Crippen LogP contribution in [0, 0.1) is 0 Å². The second kappa shape index (κ2) is 5.97. The average molecular weight is 259 g/mol. The van der Waals surface area contributed by atoms with Crippen molar-refractivity contribution in [1.82, 2.24) is 4.90 Å². The molecule has 0 radical (unpaired) electrons. The van der Waals surface area contributed by atoms with Crippen LogP contribution in [0.2, 0.25) is 0 Å². The van der Waals surface area contributed by atoms with Crippen molar-refractivity contribution in [3.8, 4) is 0 Å². The van der Waals surface area contributed by atoms with Crippen LogP contribution < -0.4 is 0 Å². The summed E-state index contributed by atoms with van der Waals surface area (Å²) in [5.41, 5.74) is -0.786. The van der Waals surface area contributed by atoms with Gasteiger partial charge in [0.25, 0.3) is 6.48 Å². The molecule has 0 spiro atoms. The van der Waals surface area contributed by atoms with Crippen LogP contribution in [0.25, 0.3) is 0 Å². The van der Waals surface area contributed by atoms with Gasteiger partial charge in [0.1, 0.15) is 0 Å². The first-order valence-electron chi connectivity index (χ1n) is 6.89. The minimum absolute atomic E-state index is 0.0821. The Kier molecular flexibility index (Phi) is 4.56. The molecule has 1 saturated heterocycles. The Bertz CT molecular complexity index is 286. The third-order valence-corrected chi connectivity index (χ3v) is 4.01. The molecule has 1 atom stereocenters. The Hall–Kier alpha value is -0.680. The smallest absolute Gasteiger partial charge is 0.306 e. The fraction of sp³-hybridized carbons (Fsp3) is 0.923. The van der Waals surface area contributed by atoms with E-state index in [2.05, 4.69) is 0 Å². The normalized spacial score (nSPS) is 26.1. The second-order valence-electron chi connectivity index (χ2n) is 5.47. The zero-order valence-corrected chi connectivity index (χ0v) is 10.7. The van der Waals surface area contributed by atoms with Gasteiger partial charge in [0.05, 0.1) is 12.0 Å². The zero-order chi connectivity index (χ0) is 13.0. The highest BCUT2D eigenvalue weighted by molar-refractivity contribution is 5.68. The number of carboxylic acids is 1. The quantitative estimate of drug-likeness (QED) is 0.771. The van der Waals surface area contributed by atoms with Crippen molar-refractivity contribution in [2.24, 2.45) is 0 Å². The van der Waals surface area contributed by atoms with Gasteiger partial charge in [-0.15, -0.1) is 0 Å². The van der Waals surface area contributed by atoms with E-state index in [0.717, 1.165) is 32.1 Å². The molecular formula is C13H22FNO3. The summed E-state index contributed by atoms with van der Waals surface area (Å²) in [4.78, 5) is 12.6. The van der Waals surface area contributed by atoms with Crippen molar-refractivity contribution < 1.29 is 19.0 Å². The molecule has 4 nitrogen and oxygen atoms in total. The summed E-state index contributed by atoms with van der Waals surface area (Å²) in [6, 6.07) is 0. The maximum Gasteiger partial charge on any atom is 0.306 e. The first kappa shape index (κ1) is 13.7. The van der Waals surface area contributed by atoms with E-state index in [0.29, 0.717) is 25.9 Å². The molecule has 0 amide bonds. The fourth-order valence-corrected chi connectivity index (χ4v) is 3.03. The number of hydrogen-bond acceptors (Lipinski definition) is 3. The predicted octanol–water partition coefficient (Wildman–Crippen LogP) is 2.53. The molecule has 1 aliphatic heterocycles. The number of aliphatic carboxylic acids is 1. The molecule has 0 bridgehead atoms. The Balaban J connectivity index is 1.97. The minimum atomic E-state index is -1.44. The Morgan fingerprint density at radius 1 is 1.22 bits per heavy atom. The molecule has 1 N–H and O–H groups in total. The number of carbonyl (C=O) groups is 1. The lowest BCUT2D eigenvalue weighted by atomic mass is 9.82. The molecular weight excluding hydrogens is 237 g/mol. The number of hydrogen-bond donors (Lipinski definition) is 1. The van der Waals surface area contributed by atoms with Crippen LogP contribution in [0.1, 0.15) is 51.4 Å². The van der Waals surface area contributed by atoms with E-state index in [1.165, 1.54) is 0 Å². The van der Waals surface area contributed by atoms with E-state index < -0.39 is 18.1 Å². The SMILES string of the molecule is O=C(O)CC1(OC(F)N2CCCC2)CCCCC1. The van der Waals surface area contributed by atoms with Crippen molar-refractivity contribution >= 4 is 5.97 Å². The van der Waals surface area contributed by atoms with E-state index in [1.54, 1.807) is 4.90 Å². The largest absolute Gasteiger partial charge is 0.481 e. The van der Waals surface area contributed by atoms with E-state index in [1.807, 2.05) is 0 Å². The molecule has 1 unspecified atom stereocenters. The molecule has 1 aliphatic carbocycles. The predicted molar refractivity (Wildman–Crippen MR) is 64.9 cm³/mol. The lowest BCUT2D eigenvalue weighted by Gasteiger charge is -2.38. The number of ether oxygens (including phenoxy) is 1. The summed E-state index contributed by atoms with van der Waals surface area (Å²) in [6.45, 7) is -0.0146. The van der Waals surface area contributed by atoms with Gasteiger partial charge in [-0.2, -0.15) is 4.39 Å². The van der Waals surface area contributed by atoms with Gasteiger partial charge in [0, 0.05) is 13.1 Å². The van der Waals surface area contributed by atoms with Crippen molar-refractivity contribution in [2.75, 3.05) is 13.1 Å². The van der Waals surface area contributed by atoms with E-state index >= 15 is 0 Å². The maximum atomic E-state index is 14.1. The van der Waals surface area contributed by atoms with Crippen LogP contribution >= 0.6 is 0 Å². The van der Waals surface area contributed by atoms with Gasteiger partial charge >= 0.3 is 5.97 Å². The molecule has 0 aromatic carbocycles. The summed E-state index contributed by atoms with van der Waals surface area (Å²) in [5.74, 6) is -0.898. The van der Waals surface area contributed by atoms with Gasteiger partial charge in [-0.3, -0.25) is 9.69 Å². The Morgan fingerprint density at radius 2 is 1.83 bits per heavy atom. The van der Waals surface area contributed by atoms with Crippen LogP contribution in [0.3, 0.4) is 0 Å². The van der Waals surface area contributed by atoms with Crippen LogP contribution in [0.5, 0.6) is 0 Å². The van der Waals surface area contributed by atoms with Crippen molar-refractivity contribution in [1.29, 1.82) is 0 Å². The number of alkyl halides is 1. The molecule has 1 saturated carbocycles. The molecule has 0 aromatic rings. The number of likely N-dealkylation sites (tertiary alicyclic amines) is 1. The number of carboxylic acid groups (broad SMARTS) is 1. The van der Waals surface area contributed by atoms with Crippen LogP contribution in [-0.4, -0.2) is 41.1 Å². The summed E-state index contributed by atoms with van der Waals surface area (Å²) >= 11 is 0. The summed E-state index contributed by atoms with van der Waals surface area (Å²) in [7, 11) is 0. The highest BCUT2D eigenvalue weighted by atomic mass is 19.1. The second-order valence-corrected chi connectivity index (χ2v) is 5.47. The van der Waals surface area contributed by atoms with E-state index in [4.69, 9.17) is 9.84 Å². The first-order valence-corrected chi connectivity index (χ1v) is 6.89. The minimum Gasteiger partial charge on any atom is -0.481 e. The van der Waals surface area contributed by atoms with Crippen molar-refractivity contribution in [3.05, 3.63) is 0 Å². The zero-order valence-electron chi connectivity index (χ0n) is 10.7. The van der Waals surface area contributed by atoms with Crippen molar-refractivity contribution in [2.45, 2.75) is 63.4 Å². The van der Waals surface area contributed by atoms with Crippen LogP contribution in [-0.2, 0) is 9.53 Å². The van der Waals surface area contributed by atoms with Gasteiger partial charge in [-0.25, -0.2) is 0 Å². The Labute approximate surface area is 107 Å². The molecule has 2 rings (SSSR count). The molecule has 1 heterocycles. The van der Waals surface area contributed by atoms with Crippen molar-refractivity contribution in [3.63, 3.8) is 0 Å². The lowest BCUT2D eigenvalue weighted by Crippen LogP contribution is -2.44. The molecule has 18 heavy (non-hydrogen) atoms. The third-order valence-electron chi connectivity index (χ3n) is 4.01. The molecule has 104 valence electrons. The summed E-state index contributed by atoms with van der Waals surface area (Å²) in [5, 5.41) is 8.99. The molecule has 2 aliphatic rings. The highest BCUT2D eigenvalue weighted by Gasteiger charge is 2.39. The van der Waals surface area contributed by atoms with Crippen LogP contribution in [0.4, 0.5) is 4.39 Å². The van der Waals surface area contributed by atoms with E-state index in [-0.39, 0.29) is 6.42 Å². The van der Waals surface area contributed by atoms with Gasteiger partial charge in [-0.1, -0.05) is 19.3 Å². The lowest BCUT2D eigenvalue weighted by molar-refractivity contribution is -0.223. The average Bonchev–Trinajstić information content (AvgIpc) is 2.82. The van der Waals surface area contributed by atoms with Gasteiger partial charge in [0.2, 0.25) is 0 Å². The van der Waals surface area contributed by atoms with Gasteiger partial charge in [0.15, 0.2) is 0 Å². The van der Waals surface area contributed by atoms with Crippen LogP contribution in [0.15, 0.2) is 0 Å². The molecule has 5 heteroatoms. The number of nitrogens with zero attached hydrogens (tertiary/aromatic N) is 1.